The summed E-state index contributed by atoms with van der Waals surface area (Å²) in [6.07, 6.45) is 0.419. The summed E-state index contributed by atoms with van der Waals surface area (Å²) in [6, 6.07) is 5.94. The Kier molecular flexibility index (Phi) is 3.43. The normalized spacial score (nSPS) is 12.2. The molecule has 0 N–H and O–H groups in total. The molecule has 2 nitrogen and oxygen atoms in total. The molecule has 3 heteroatoms. The highest BCUT2D eigenvalue weighted by Crippen LogP contribution is 2.19. The molecule has 0 spiro atoms. The first kappa shape index (κ1) is 9.71. The summed E-state index contributed by atoms with van der Waals surface area (Å²) >= 11 is 0. The van der Waals surface area contributed by atoms with E-state index in [4.69, 9.17) is 4.74 Å². The van der Waals surface area contributed by atoms with Crippen LogP contribution in [0, 0.1) is 5.82 Å². The van der Waals surface area contributed by atoms with E-state index in [1.54, 1.807) is 12.1 Å². The number of benzene rings is 1. The summed E-state index contributed by atoms with van der Waals surface area (Å²) in [6.45, 7) is 2.31. The highest BCUT2D eigenvalue weighted by molar-refractivity contribution is 5.38. The van der Waals surface area contributed by atoms with E-state index >= 15 is 0 Å². The number of ether oxygens (including phenoxy) is 1. The topological polar surface area (TPSA) is 26.3 Å². The van der Waals surface area contributed by atoms with E-state index in [0.717, 1.165) is 5.56 Å². The van der Waals surface area contributed by atoms with Gasteiger partial charge in [0.05, 0.1) is 0 Å². The Balaban J connectivity index is 2.78. The van der Waals surface area contributed by atoms with E-state index in [0.29, 0.717) is 12.9 Å². The van der Waals surface area contributed by atoms with Crippen LogP contribution in [-0.4, -0.2) is 6.47 Å². The van der Waals surface area contributed by atoms with Crippen molar-refractivity contribution in [3.63, 3.8) is 0 Å². The lowest BCUT2D eigenvalue weighted by Gasteiger charge is -2.12. The van der Waals surface area contributed by atoms with Gasteiger partial charge in [0.1, 0.15) is 11.9 Å². The van der Waals surface area contributed by atoms with Gasteiger partial charge in [0.15, 0.2) is 0 Å². The SMILES string of the molecule is CC[C@@H](OC=O)c1ccc(F)cc1. The molecule has 0 bridgehead atoms. The van der Waals surface area contributed by atoms with Crippen LogP contribution in [-0.2, 0) is 9.53 Å². The van der Waals surface area contributed by atoms with Crippen molar-refractivity contribution >= 4 is 6.47 Å². The molecule has 0 radical (unpaired) electrons. The molecule has 1 aromatic carbocycles. The molecule has 1 atom stereocenters. The third kappa shape index (κ3) is 2.54. The van der Waals surface area contributed by atoms with Gasteiger partial charge in [-0.15, -0.1) is 0 Å². The van der Waals surface area contributed by atoms with E-state index in [2.05, 4.69) is 0 Å². The average Bonchev–Trinajstić information content (AvgIpc) is 2.16. The third-order valence-electron chi connectivity index (χ3n) is 1.83. The van der Waals surface area contributed by atoms with Crippen molar-refractivity contribution in [1.29, 1.82) is 0 Å². The highest BCUT2D eigenvalue weighted by Gasteiger charge is 2.08. The predicted molar refractivity (Wildman–Crippen MR) is 46.6 cm³/mol. The quantitative estimate of drug-likeness (QED) is 0.668. The molecule has 0 aliphatic heterocycles. The molecule has 0 aliphatic carbocycles. The van der Waals surface area contributed by atoms with Crippen LogP contribution in [0.5, 0.6) is 0 Å². The van der Waals surface area contributed by atoms with Gasteiger partial charge in [0, 0.05) is 0 Å². The molecule has 13 heavy (non-hydrogen) atoms. The summed E-state index contributed by atoms with van der Waals surface area (Å²) < 4.78 is 17.3. The summed E-state index contributed by atoms with van der Waals surface area (Å²) in [5.74, 6) is -0.287. The number of hydrogen-bond donors (Lipinski definition) is 0. The molecular weight excluding hydrogens is 171 g/mol. The van der Waals surface area contributed by atoms with Crippen molar-refractivity contribution in [3.8, 4) is 0 Å². The van der Waals surface area contributed by atoms with Crippen LogP contribution < -0.4 is 0 Å². The molecule has 0 fully saturated rings. The Morgan fingerprint density at radius 1 is 1.46 bits per heavy atom. The van der Waals surface area contributed by atoms with Crippen LogP contribution >= 0.6 is 0 Å². The first-order valence-corrected chi connectivity index (χ1v) is 4.12. The highest BCUT2D eigenvalue weighted by atomic mass is 19.1. The Hall–Kier alpha value is -1.38. The maximum Gasteiger partial charge on any atom is 0.293 e. The van der Waals surface area contributed by atoms with Crippen molar-refractivity contribution < 1.29 is 13.9 Å². The van der Waals surface area contributed by atoms with E-state index in [9.17, 15) is 9.18 Å². The Bertz CT molecular complexity index is 269. The maximum atomic E-state index is 12.5. The van der Waals surface area contributed by atoms with Gasteiger partial charge in [-0.1, -0.05) is 19.1 Å². The van der Waals surface area contributed by atoms with E-state index < -0.39 is 0 Å². The molecular formula is C10H11FO2. The molecule has 1 aromatic rings. The number of halogens is 1. The van der Waals surface area contributed by atoms with Crippen LogP contribution in [0.15, 0.2) is 24.3 Å². The number of carbonyl (C=O) groups is 1. The average molecular weight is 182 g/mol. The molecule has 0 aromatic heterocycles. The lowest BCUT2D eigenvalue weighted by atomic mass is 10.1. The number of carbonyl (C=O) groups excluding carboxylic acids is 1. The second kappa shape index (κ2) is 4.60. The van der Waals surface area contributed by atoms with Crippen molar-refractivity contribution in [3.05, 3.63) is 35.6 Å². The first-order chi connectivity index (χ1) is 6.27. The summed E-state index contributed by atoms with van der Waals surface area (Å²) in [7, 11) is 0. The van der Waals surface area contributed by atoms with Gasteiger partial charge in [-0.2, -0.15) is 0 Å². The molecule has 0 saturated heterocycles. The minimum Gasteiger partial charge on any atom is -0.460 e. The van der Waals surface area contributed by atoms with Crippen LogP contribution in [0.4, 0.5) is 4.39 Å². The largest absolute Gasteiger partial charge is 0.460 e. The van der Waals surface area contributed by atoms with Crippen LogP contribution in [0.25, 0.3) is 0 Å². The van der Waals surface area contributed by atoms with Gasteiger partial charge in [0.2, 0.25) is 0 Å². The van der Waals surface area contributed by atoms with Gasteiger partial charge >= 0.3 is 0 Å². The van der Waals surface area contributed by atoms with Crippen LogP contribution in [0.3, 0.4) is 0 Å². The van der Waals surface area contributed by atoms with Crippen molar-refractivity contribution in [2.24, 2.45) is 0 Å². The van der Waals surface area contributed by atoms with E-state index in [1.807, 2.05) is 6.92 Å². The van der Waals surface area contributed by atoms with Crippen molar-refractivity contribution in [1.82, 2.24) is 0 Å². The second-order valence-electron chi connectivity index (χ2n) is 2.68. The van der Waals surface area contributed by atoms with E-state index in [-0.39, 0.29) is 11.9 Å². The Morgan fingerprint density at radius 3 is 2.54 bits per heavy atom. The minimum atomic E-state index is -0.287. The van der Waals surface area contributed by atoms with Crippen LogP contribution in [0.1, 0.15) is 25.0 Å². The number of rotatable bonds is 4. The fraction of sp³-hybridized carbons (Fsp3) is 0.300. The molecule has 0 unspecified atom stereocenters. The van der Waals surface area contributed by atoms with Crippen LogP contribution in [0.2, 0.25) is 0 Å². The molecule has 70 valence electrons. The smallest absolute Gasteiger partial charge is 0.293 e. The third-order valence-corrected chi connectivity index (χ3v) is 1.83. The zero-order valence-electron chi connectivity index (χ0n) is 7.37. The zero-order chi connectivity index (χ0) is 9.68. The predicted octanol–water partition coefficient (Wildman–Crippen LogP) is 2.45. The lowest BCUT2D eigenvalue weighted by molar-refractivity contribution is -0.134. The molecule has 0 aliphatic rings. The van der Waals surface area contributed by atoms with Gasteiger partial charge in [0.25, 0.3) is 6.47 Å². The fourth-order valence-corrected chi connectivity index (χ4v) is 1.15. The number of hydrogen-bond acceptors (Lipinski definition) is 2. The lowest BCUT2D eigenvalue weighted by Crippen LogP contribution is -2.01. The molecule has 0 amide bonds. The zero-order valence-corrected chi connectivity index (χ0v) is 7.37. The van der Waals surface area contributed by atoms with Gasteiger partial charge in [-0.05, 0) is 24.1 Å². The minimum absolute atomic E-state index is 0.266. The summed E-state index contributed by atoms with van der Waals surface area (Å²) in [5, 5.41) is 0. The summed E-state index contributed by atoms with van der Waals surface area (Å²) in [5.41, 5.74) is 0.816. The summed E-state index contributed by atoms with van der Waals surface area (Å²) in [4.78, 5) is 10.1. The van der Waals surface area contributed by atoms with Gasteiger partial charge in [-0.25, -0.2) is 4.39 Å². The van der Waals surface area contributed by atoms with Crippen molar-refractivity contribution in [2.45, 2.75) is 19.4 Å². The second-order valence-corrected chi connectivity index (χ2v) is 2.68. The van der Waals surface area contributed by atoms with Gasteiger partial charge in [-0.3, -0.25) is 4.79 Å². The maximum absolute atomic E-state index is 12.5. The van der Waals surface area contributed by atoms with E-state index in [1.165, 1.54) is 12.1 Å². The molecule has 1 rings (SSSR count). The molecule has 0 saturated carbocycles. The standard InChI is InChI=1S/C10H11FO2/c1-2-10(13-7-12)8-3-5-9(11)6-4-8/h3-7,10H,2H2,1H3/t10-/m1/s1. The monoisotopic (exact) mass is 182 g/mol. The van der Waals surface area contributed by atoms with Crippen molar-refractivity contribution in [2.75, 3.05) is 0 Å². The Morgan fingerprint density at radius 2 is 2.08 bits per heavy atom. The first-order valence-electron chi connectivity index (χ1n) is 4.12. The molecule has 0 heterocycles. The fourth-order valence-electron chi connectivity index (χ4n) is 1.15. The van der Waals surface area contributed by atoms with Gasteiger partial charge < -0.3 is 4.74 Å². The Labute approximate surface area is 76.3 Å².